The van der Waals surface area contributed by atoms with Crippen molar-refractivity contribution >= 4 is 48.9 Å². The van der Waals surface area contributed by atoms with Crippen LogP contribution in [0.15, 0.2) is 77.7 Å². The normalized spacial score (nSPS) is 11.4. The minimum atomic E-state index is -3.73. The van der Waals surface area contributed by atoms with E-state index in [1.54, 1.807) is 48.6 Å². The number of fused-ring (bicyclic) bond motifs is 1. The molecule has 0 radical (unpaired) electrons. The van der Waals surface area contributed by atoms with Crippen molar-refractivity contribution in [2.45, 2.75) is 18.7 Å². The average Bonchev–Trinajstić information content (AvgIpc) is 3.14. The van der Waals surface area contributed by atoms with Crippen LogP contribution in [0.2, 0.25) is 0 Å². The van der Waals surface area contributed by atoms with Crippen molar-refractivity contribution in [3.8, 4) is 0 Å². The second-order valence-corrected chi connectivity index (χ2v) is 10.00. The SMILES string of the molecule is CCN(c1ccccc1)S(=O)(=O)c1ccc(C(=O)Nc2ccc3nc(C)sc3c2)cc1. The molecule has 4 rings (SSSR count). The summed E-state index contributed by atoms with van der Waals surface area (Å²) in [7, 11) is -3.73. The number of benzene rings is 3. The summed E-state index contributed by atoms with van der Waals surface area (Å²) >= 11 is 1.56. The lowest BCUT2D eigenvalue weighted by atomic mass is 10.2. The standard InChI is InChI=1S/C23H21N3O3S2/c1-3-26(19-7-5-4-6-8-19)31(28,29)20-12-9-17(10-13-20)23(27)25-18-11-14-21-22(15-18)30-16(2)24-21/h4-15H,3H2,1-2H3,(H,25,27). The predicted molar refractivity (Wildman–Crippen MR) is 125 cm³/mol. The van der Waals surface area contributed by atoms with Gasteiger partial charge in [0, 0.05) is 17.8 Å². The van der Waals surface area contributed by atoms with E-state index in [9.17, 15) is 13.2 Å². The van der Waals surface area contributed by atoms with Gasteiger partial charge >= 0.3 is 0 Å². The highest BCUT2D eigenvalue weighted by Crippen LogP contribution is 2.26. The van der Waals surface area contributed by atoms with Gasteiger partial charge in [0.15, 0.2) is 0 Å². The molecule has 1 heterocycles. The van der Waals surface area contributed by atoms with Gasteiger partial charge in [0.05, 0.1) is 25.8 Å². The number of nitrogens with zero attached hydrogens (tertiary/aromatic N) is 2. The zero-order valence-corrected chi connectivity index (χ0v) is 18.7. The smallest absolute Gasteiger partial charge is 0.264 e. The van der Waals surface area contributed by atoms with Crippen molar-refractivity contribution < 1.29 is 13.2 Å². The third-order valence-corrected chi connectivity index (χ3v) is 7.64. The Labute approximate surface area is 185 Å². The molecule has 0 saturated heterocycles. The summed E-state index contributed by atoms with van der Waals surface area (Å²) < 4.78 is 28.5. The van der Waals surface area contributed by atoms with Crippen LogP contribution in [0.5, 0.6) is 0 Å². The van der Waals surface area contributed by atoms with Gasteiger partial charge in [0.1, 0.15) is 0 Å². The Kier molecular flexibility index (Phi) is 5.75. The largest absolute Gasteiger partial charge is 0.322 e. The summed E-state index contributed by atoms with van der Waals surface area (Å²) in [6.07, 6.45) is 0. The highest BCUT2D eigenvalue weighted by molar-refractivity contribution is 7.92. The van der Waals surface area contributed by atoms with Crippen molar-refractivity contribution in [1.82, 2.24) is 4.98 Å². The first-order valence-electron chi connectivity index (χ1n) is 9.75. The fraction of sp³-hybridized carbons (Fsp3) is 0.130. The number of para-hydroxylation sites is 1. The first-order valence-corrected chi connectivity index (χ1v) is 12.0. The molecule has 0 bridgehead atoms. The molecule has 0 saturated carbocycles. The van der Waals surface area contributed by atoms with E-state index in [1.165, 1.54) is 28.6 Å². The fourth-order valence-electron chi connectivity index (χ4n) is 3.31. The summed E-state index contributed by atoms with van der Waals surface area (Å²) in [6.45, 7) is 4.03. The Balaban J connectivity index is 1.54. The number of thiazole rings is 1. The Hall–Kier alpha value is -3.23. The van der Waals surface area contributed by atoms with Gasteiger partial charge in [-0.05, 0) is 68.4 Å². The maximum Gasteiger partial charge on any atom is 0.264 e. The number of anilines is 2. The number of aromatic nitrogens is 1. The molecule has 31 heavy (non-hydrogen) atoms. The molecule has 0 aliphatic heterocycles. The van der Waals surface area contributed by atoms with Gasteiger partial charge in [-0.25, -0.2) is 13.4 Å². The Morgan fingerprint density at radius 3 is 2.42 bits per heavy atom. The quantitative estimate of drug-likeness (QED) is 0.444. The highest BCUT2D eigenvalue weighted by atomic mass is 32.2. The monoisotopic (exact) mass is 451 g/mol. The molecule has 158 valence electrons. The number of nitrogens with one attached hydrogen (secondary N) is 1. The number of carbonyl (C=O) groups is 1. The van der Waals surface area contributed by atoms with Crippen LogP contribution < -0.4 is 9.62 Å². The van der Waals surface area contributed by atoms with Crippen LogP contribution in [0, 0.1) is 6.92 Å². The topological polar surface area (TPSA) is 79.4 Å². The van der Waals surface area contributed by atoms with E-state index in [4.69, 9.17) is 0 Å². The van der Waals surface area contributed by atoms with Gasteiger partial charge in [-0.3, -0.25) is 9.10 Å². The maximum absolute atomic E-state index is 13.1. The van der Waals surface area contributed by atoms with Gasteiger partial charge in [0.25, 0.3) is 15.9 Å². The summed E-state index contributed by atoms with van der Waals surface area (Å²) in [6, 6.07) is 20.5. The van der Waals surface area contributed by atoms with Gasteiger partial charge < -0.3 is 5.32 Å². The zero-order valence-electron chi connectivity index (χ0n) is 17.1. The number of amides is 1. The van der Waals surface area contributed by atoms with Crippen molar-refractivity contribution in [1.29, 1.82) is 0 Å². The fourth-order valence-corrected chi connectivity index (χ4v) is 5.65. The molecule has 1 N–H and O–H groups in total. The Morgan fingerprint density at radius 2 is 1.74 bits per heavy atom. The first kappa shape index (κ1) is 21.0. The lowest BCUT2D eigenvalue weighted by Crippen LogP contribution is -2.30. The number of rotatable bonds is 6. The maximum atomic E-state index is 13.1. The molecular weight excluding hydrogens is 430 g/mol. The van der Waals surface area contributed by atoms with Crippen LogP contribution >= 0.6 is 11.3 Å². The molecule has 1 aromatic heterocycles. The summed E-state index contributed by atoms with van der Waals surface area (Å²) in [5, 5.41) is 3.82. The molecule has 4 aromatic rings. The zero-order chi connectivity index (χ0) is 22.0. The Morgan fingerprint density at radius 1 is 1.03 bits per heavy atom. The van der Waals surface area contributed by atoms with E-state index < -0.39 is 10.0 Å². The number of carbonyl (C=O) groups excluding carboxylic acids is 1. The van der Waals surface area contributed by atoms with E-state index in [1.807, 2.05) is 25.1 Å². The van der Waals surface area contributed by atoms with Crippen LogP contribution in [0.3, 0.4) is 0 Å². The summed E-state index contributed by atoms with van der Waals surface area (Å²) in [5.74, 6) is -0.306. The van der Waals surface area contributed by atoms with Gasteiger partial charge in [-0.2, -0.15) is 0 Å². The first-order chi connectivity index (χ1) is 14.9. The second-order valence-electron chi connectivity index (χ2n) is 6.90. The molecule has 0 spiro atoms. The van der Waals surface area contributed by atoms with E-state index in [0.29, 0.717) is 23.5 Å². The minimum absolute atomic E-state index is 0.135. The third-order valence-electron chi connectivity index (χ3n) is 4.79. The molecule has 1 amide bonds. The summed E-state index contributed by atoms with van der Waals surface area (Å²) in [4.78, 5) is 17.2. The van der Waals surface area contributed by atoms with Crippen molar-refractivity contribution in [2.24, 2.45) is 0 Å². The molecule has 0 unspecified atom stereocenters. The van der Waals surface area contributed by atoms with Gasteiger partial charge in [-0.1, -0.05) is 18.2 Å². The van der Waals surface area contributed by atoms with Crippen molar-refractivity contribution in [3.05, 3.63) is 83.4 Å². The second kappa shape index (κ2) is 8.49. The molecule has 0 aliphatic carbocycles. The van der Waals surface area contributed by atoms with Crippen LogP contribution in [0.25, 0.3) is 10.2 Å². The molecule has 0 aliphatic rings. The minimum Gasteiger partial charge on any atom is -0.322 e. The molecule has 0 fully saturated rings. The number of aryl methyl sites for hydroxylation is 1. The lowest BCUT2D eigenvalue weighted by Gasteiger charge is -2.23. The Bertz CT molecular complexity index is 1330. The molecular formula is C23H21N3O3S2. The van der Waals surface area contributed by atoms with Gasteiger partial charge in [-0.15, -0.1) is 11.3 Å². The van der Waals surface area contributed by atoms with E-state index in [0.717, 1.165) is 15.2 Å². The molecule has 0 atom stereocenters. The molecule has 6 nitrogen and oxygen atoms in total. The summed E-state index contributed by atoms with van der Waals surface area (Å²) in [5.41, 5.74) is 2.54. The van der Waals surface area contributed by atoms with Crippen molar-refractivity contribution in [2.75, 3.05) is 16.2 Å². The number of sulfonamides is 1. The van der Waals surface area contributed by atoms with E-state index in [-0.39, 0.29) is 10.8 Å². The van der Waals surface area contributed by atoms with Crippen LogP contribution in [0.4, 0.5) is 11.4 Å². The highest BCUT2D eigenvalue weighted by Gasteiger charge is 2.23. The number of hydrogen-bond donors (Lipinski definition) is 1. The molecule has 8 heteroatoms. The van der Waals surface area contributed by atoms with Crippen molar-refractivity contribution in [3.63, 3.8) is 0 Å². The van der Waals surface area contributed by atoms with E-state index >= 15 is 0 Å². The third kappa shape index (κ3) is 4.30. The average molecular weight is 452 g/mol. The van der Waals surface area contributed by atoms with Gasteiger partial charge in [0.2, 0.25) is 0 Å². The van der Waals surface area contributed by atoms with Crippen LogP contribution in [0.1, 0.15) is 22.3 Å². The van der Waals surface area contributed by atoms with Crippen LogP contribution in [-0.2, 0) is 10.0 Å². The van der Waals surface area contributed by atoms with Crippen LogP contribution in [-0.4, -0.2) is 25.9 Å². The predicted octanol–water partition coefficient (Wildman–Crippen LogP) is 5.07. The number of hydrogen-bond acceptors (Lipinski definition) is 5. The van der Waals surface area contributed by atoms with E-state index in [2.05, 4.69) is 10.3 Å². The lowest BCUT2D eigenvalue weighted by molar-refractivity contribution is 0.102. The molecule has 3 aromatic carbocycles.